The van der Waals surface area contributed by atoms with Crippen LogP contribution in [-0.2, 0) is 4.79 Å². The largest absolute Gasteiger partial charge is 0.341 e. The highest BCUT2D eigenvalue weighted by Crippen LogP contribution is 2.29. The Kier molecular flexibility index (Phi) is 8.69. The maximum absolute atomic E-state index is 13.5. The molecule has 7 nitrogen and oxygen atoms in total. The van der Waals surface area contributed by atoms with Gasteiger partial charge in [-0.05, 0) is 71.7 Å². The fourth-order valence-corrected chi connectivity index (χ4v) is 4.98. The molecule has 3 aromatic carbocycles. The molecule has 38 heavy (non-hydrogen) atoms. The van der Waals surface area contributed by atoms with E-state index in [0.717, 1.165) is 29.0 Å². The molecule has 0 spiro atoms. The molecule has 0 aromatic heterocycles. The molecule has 0 aliphatic carbocycles. The summed E-state index contributed by atoms with van der Waals surface area (Å²) in [5.41, 5.74) is 10.9. The molecular weight excluding hydrogens is 498 g/mol. The van der Waals surface area contributed by atoms with Gasteiger partial charge in [-0.2, -0.15) is 0 Å². The van der Waals surface area contributed by atoms with Gasteiger partial charge >= 0.3 is 0 Å². The van der Waals surface area contributed by atoms with E-state index in [-0.39, 0.29) is 23.6 Å². The minimum Gasteiger partial charge on any atom is -0.341 e. The topological polar surface area (TPSA) is 109 Å². The van der Waals surface area contributed by atoms with Gasteiger partial charge in [-0.15, -0.1) is 5.11 Å². The van der Waals surface area contributed by atoms with Crippen LogP contribution in [0, 0.1) is 16.9 Å². The molecule has 1 atom stereocenters. The van der Waals surface area contributed by atoms with Gasteiger partial charge in [0.2, 0.25) is 5.91 Å². The Hall–Kier alpha value is -3.84. The lowest BCUT2D eigenvalue weighted by Crippen LogP contribution is -2.52. The number of amides is 2. The monoisotopic (exact) mass is 529 g/mol. The van der Waals surface area contributed by atoms with Crippen LogP contribution >= 0.6 is 11.6 Å². The van der Waals surface area contributed by atoms with E-state index in [1.807, 2.05) is 43.0 Å². The predicted molar refractivity (Wildman–Crippen MR) is 150 cm³/mol. The molecule has 0 unspecified atom stereocenters. The van der Waals surface area contributed by atoms with Gasteiger partial charge < -0.3 is 10.2 Å². The molecule has 0 bridgehead atoms. The van der Waals surface area contributed by atoms with E-state index in [9.17, 15) is 9.59 Å². The Balaban J connectivity index is 1.43. The molecular formula is C30H32ClN5O2. The van der Waals surface area contributed by atoms with Crippen LogP contribution in [0.2, 0.25) is 5.02 Å². The van der Waals surface area contributed by atoms with E-state index in [4.69, 9.17) is 22.5 Å². The molecule has 8 heteroatoms. The lowest BCUT2D eigenvalue weighted by Gasteiger charge is -2.35. The van der Waals surface area contributed by atoms with Crippen molar-refractivity contribution in [1.82, 2.24) is 10.2 Å². The van der Waals surface area contributed by atoms with Gasteiger partial charge in [0.15, 0.2) is 5.84 Å². The second-order valence-corrected chi connectivity index (χ2v) is 10.4. The Morgan fingerprint density at radius 3 is 2.11 bits per heavy atom. The average molecular weight is 530 g/mol. The zero-order chi connectivity index (χ0) is 27.2. The number of nitrogens with one attached hydrogen (secondary N) is 3. The number of carbonyl (C=O) groups excluding carboxylic acids is 2. The summed E-state index contributed by atoms with van der Waals surface area (Å²) in [4.78, 5) is 28.6. The first-order valence-electron chi connectivity index (χ1n) is 12.8. The molecule has 1 fully saturated rings. The van der Waals surface area contributed by atoms with E-state index < -0.39 is 6.04 Å². The van der Waals surface area contributed by atoms with Crippen molar-refractivity contribution in [1.29, 1.82) is 10.9 Å². The Labute approximate surface area is 228 Å². The molecule has 0 radical (unpaired) electrons. The zero-order valence-electron chi connectivity index (χ0n) is 21.6. The van der Waals surface area contributed by atoms with E-state index in [2.05, 4.69) is 22.6 Å². The van der Waals surface area contributed by atoms with Gasteiger partial charge in [-0.3, -0.25) is 15.0 Å². The minimum absolute atomic E-state index is 0.0515. The van der Waals surface area contributed by atoms with Crippen molar-refractivity contribution in [2.45, 2.75) is 38.6 Å². The Morgan fingerprint density at radius 1 is 0.947 bits per heavy atom. The summed E-state index contributed by atoms with van der Waals surface area (Å²) < 4.78 is 0. The second kappa shape index (κ2) is 12.1. The lowest BCUT2D eigenvalue weighted by atomic mass is 9.89. The van der Waals surface area contributed by atoms with Crippen LogP contribution in [0.1, 0.15) is 54.1 Å². The summed E-state index contributed by atoms with van der Waals surface area (Å²) in [5, 5.41) is 14.7. The van der Waals surface area contributed by atoms with E-state index in [1.165, 1.54) is 5.56 Å². The van der Waals surface area contributed by atoms with Crippen LogP contribution < -0.4 is 5.32 Å². The van der Waals surface area contributed by atoms with Crippen molar-refractivity contribution in [3.8, 4) is 11.1 Å². The van der Waals surface area contributed by atoms with Gasteiger partial charge in [0, 0.05) is 29.2 Å². The smallest absolute Gasteiger partial charge is 0.251 e. The summed E-state index contributed by atoms with van der Waals surface area (Å²) >= 11 is 6.02. The van der Waals surface area contributed by atoms with Crippen molar-refractivity contribution in [3.05, 3.63) is 94.5 Å². The van der Waals surface area contributed by atoms with Crippen LogP contribution in [0.4, 0.5) is 0 Å². The number of carbonyl (C=O) groups is 2. The summed E-state index contributed by atoms with van der Waals surface area (Å²) in [6.45, 7) is 5.18. The molecule has 0 saturated carbocycles. The average Bonchev–Trinajstić information content (AvgIpc) is 2.95. The fraction of sp³-hybridized carbons (Fsp3) is 0.300. The number of rotatable bonds is 7. The van der Waals surface area contributed by atoms with E-state index >= 15 is 0 Å². The number of benzene rings is 3. The normalized spacial score (nSPS) is 14.7. The van der Waals surface area contributed by atoms with Gasteiger partial charge in [-0.25, -0.2) is 5.53 Å². The third-order valence-corrected chi connectivity index (χ3v) is 7.33. The molecule has 1 heterocycles. The summed E-state index contributed by atoms with van der Waals surface area (Å²) in [6.07, 6.45) is 1.75. The Morgan fingerprint density at radius 2 is 1.53 bits per heavy atom. The van der Waals surface area contributed by atoms with Crippen LogP contribution in [0.15, 0.2) is 77.9 Å². The minimum atomic E-state index is -0.624. The fourth-order valence-electron chi connectivity index (χ4n) is 4.85. The van der Waals surface area contributed by atoms with Gasteiger partial charge in [0.25, 0.3) is 5.91 Å². The number of hydrogen-bond acceptors (Lipinski definition) is 4. The number of likely N-dealkylation sites (tertiary alicyclic amines) is 1. The third kappa shape index (κ3) is 6.34. The lowest BCUT2D eigenvalue weighted by molar-refractivity contribution is -0.135. The van der Waals surface area contributed by atoms with Crippen molar-refractivity contribution in [2.24, 2.45) is 11.0 Å². The number of piperidine rings is 1. The van der Waals surface area contributed by atoms with Crippen molar-refractivity contribution in [2.75, 3.05) is 13.1 Å². The quantitative estimate of drug-likeness (QED) is 0.184. The summed E-state index contributed by atoms with van der Waals surface area (Å²) in [6, 6.07) is 21.6. The number of hydrogen-bond donors (Lipinski definition) is 3. The standard InChI is InChI=1S/C30H32ClN5O2/c1-19(2)27(30(38)36-15-13-21(14-16-36)20-9-11-26(31)12-10-20)34-29(37)25-8-4-6-23(18-25)22-5-3-7-24(17-22)28(32)35-33/h3-12,17-19,21,27,32-33H,13-16H2,1-2H3,(H,34,37)/t27-/m1/s1. The van der Waals surface area contributed by atoms with Crippen molar-refractivity contribution >= 4 is 29.3 Å². The van der Waals surface area contributed by atoms with Crippen LogP contribution in [0.3, 0.4) is 0 Å². The molecule has 2 amide bonds. The van der Waals surface area contributed by atoms with Crippen LogP contribution in [0.25, 0.3) is 11.1 Å². The molecule has 3 aromatic rings. The predicted octanol–water partition coefficient (Wildman–Crippen LogP) is 6.52. The molecule has 196 valence electrons. The van der Waals surface area contributed by atoms with Gasteiger partial charge in [0.05, 0.1) is 0 Å². The molecule has 1 aliphatic heterocycles. The number of halogens is 1. The third-order valence-electron chi connectivity index (χ3n) is 7.07. The SMILES string of the molecule is CC(C)[C@@H](NC(=O)c1cccc(-c2cccc(C(=N)N=N)c2)c1)C(=O)N1CCC(c2ccc(Cl)cc2)CC1. The highest BCUT2D eigenvalue weighted by molar-refractivity contribution is 6.30. The Bertz CT molecular complexity index is 1330. The number of nitrogens with zero attached hydrogens (tertiary/aromatic N) is 2. The molecule has 1 aliphatic rings. The zero-order valence-corrected chi connectivity index (χ0v) is 22.3. The first-order valence-corrected chi connectivity index (χ1v) is 13.2. The molecule has 1 saturated heterocycles. The molecule has 4 rings (SSSR count). The van der Waals surface area contributed by atoms with E-state index in [1.54, 1.807) is 36.4 Å². The van der Waals surface area contributed by atoms with Gasteiger partial charge in [-0.1, -0.05) is 67.9 Å². The summed E-state index contributed by atoms with van der Waals surface area (Å²) in [7, 11) is 0. The maximum atomic E-state index is 13.5. The van der Waals surface area contributed by atoms with E-state index in [0.29, 0.717) is 30.1 Å². The van der Waals surface area contributed by atoms with Gasteiger partial charge in [0.1, 0.15) is 6.04 Å². The van der Waals surface area contributed by atoms with Crippen molar-refractivity contribution < 1.29 is 9.59 Å². The molecule has 3 N–H and O–H groups in total. The van der Waals surface area contributed by atoms with Crippen LogP contribution in [-0.4, -0.2) is 41.7 Å². The first kappa shape index (κ1) is 27.2. The van der Waals surface area contributed by atoms with Crippen LogP contribution in [0.5, 0.6) is 0 Å². The second-order valence-electron chi connectivity index (χ2n) is 9.97. The number of amidine groups is 1. The maximum Gasteiger partial charge on any atom is 0.251 e. The van der Waals surface area contributed by atoms with Crippen molar-refractivity contribution in [3.63, 3.8) is 0 Å². The first-order chi connectivity index (χ1) is 18.3. The highest BCUT2D eigenvalue weighted by Gasteiger charge is 2.31. The highest BCUT2D eigenvalue weighted by atomic mass is 35.5. The summed E-state index contributed by atoms with van der Waals surface area (Å²) in [5.74, 6) is -0.163.